The maximum absolute atomic E-state index is 12.8. The molecule has 0 radical (unpaired) electrons. The minimum absolute atomic E-state index is 0.0793. The third-order valence-electron chi connectivity index (χ3n) is 4.16. The summed E-state index contributed by atoms with van der Waals surface area (Å²) in [4.78, 5) is 0.260. The third kappa shape index (κ3) is 3.58. The molecular formula is C19H23NO4S. The maximum atomic E-state index is 12.8. The van der Waals surface area contributed by atoms with Gasteiger partial charge in [0.15, 0.2) is 0 Å². The molecule has 6 heteroatoms. The summed E-state index contributed by atoms with van der Waals surface area (Å²) >= 11 is 0. The lowest BCUT2D eigenvalue weighted by Gasteiger charge is -2.15. The summed E-state index contributed by atoms with van der Waals surface area (Å²) in [5.41, 5.74) is 3.16. The summed E-state index contributed by atoms with van der Waals surface area (Å²) in [6, 6.07) is 8.84. The van der Waals surface area contributed by atoms with E-state index < -0.39 is 10.0 Å². The lowest BCUT2D eigenvalue weighted by Crippen LogP contribution is -2.15. The van der Waals surface area contributed by atoms with Crippen molar-refractivity contribution >= 4 is 15.7 Å². The Hall–Kier alpha value is -2.21. The largest absolute Gasteiger partial charge is 0.492 e. The molecule has 1 heterocycles. The second-order valence-electron chi connectivity index (χ2n) is 6.40. The normalized spacial score (nSPS) is 16.2. The molecule has 0 aliphatic carbocycles. The van der Waals surface area contributed by atoms with Gasteiger partial charge in [0.1, 0.15) is 17.6 Å². The Morgan fingerprint density at radius 3 is 2.68 bits per heavy atom. The first-order chi connectivity index (χ1) is 11.8. The van der Waals surface area contributed by atoms with Crippen LogP contribution in [0, 0.1) is 13.8 Å². The van der Waals surface area contributed by atoms with Crippen LogP contribution in [-0.4, -0.2) is 21.1 Å². The Balaban J connectivity index is 2.00. The highest BCUT2D eigenvalue weighted by atomic mass is 32.2. The van der Waals surface area contributed by atoms with Crippen molar-refractivity contribution in [3.05, 3.63) is 47.0 Å². The van der Waals surface area contributed by atoms with Gasteiger partial charge in [-0.2, -0.15) is 0 Å². The predicted molar refractivity (Wildman–Crippen MR) is 98.1 cm³/mol. The molecule has 2 aromatic carbocycles. The van der Waals surface area contributed by atoms with E-state index in [1.807, 2.05) is 32.9 Å². The van der Waals surface area contributed by atoms with Crippen LogP contribution in [0.2, 0.25) is 0 Å². The van der Waals surface area contributed by atoms with Crippen molar-refractivity contribution in [2.75, 3.05) is 11.3 Å². The molecule has 134 valence electrons. The molecule has 0 saturated heterocycles. The van der Waals surface area contributed by atoms with Crippen molar-refractivity contribution < 1.29 is 17.9 Å². The first-order valence-electron chi connectivity index (χ1n) is 8.36. The maximum Gasteiger partial charge on any atom is 0.262 e. The van der Waals surface area contributed by atoms with E-state index in [1.165, 1.54) is 0 Å². The molecule has 5 nitrogen and oxygen atoms in total. The predicted octanol–water partition coefficient (Wildman–Crippen LogP) is 3.83. The summed E-state index contributed by atoms with van der Waals surface area (Å²) < 4.78 is 39.8. The zero-order valence-electron chi connectivity index (χ0n) is 14.9. The van der Waals surface area contributed by atoms with Gasteiger partial charge in [0.05, 0.1) is 17.2 Å². The number of fused-ring (bicyclic) bond motifs is 1. The van der Waals surface area contributed by atoms with Crippen LogP contribution in [0.4, 0.5) is 5.69 Å². The Morgan fingerprint density at radius 1 is 1.24 bits per heavy atom. The second kappa shape index (κ2) is 6.59. The summed E-state index contributed by atoms with van der Waals surface area (Å²) in [6.07, 6.45) is 0.871. The van der Waals surface area contributed by atoms with E-state index in [-0.39, 0.29) is 11.0 Å². The van der Waals surface area contributed by atoms with Crippen molar-refractivity contribution in [2.24, 2.45) is 0 Å². The van der Waals surface area contributed by atoms with Gasteiger partial charge < -0.3 is 9.47 Å². The highest BCUT2D eigenvalue weighted by molar-refractivity contribution is 7.92. The standard InChI is InChI=1S/C19H23NO4S/c1-5-23-18-10-15-9-14(4)24-17(15)11-16(18)20-25(21,22)19-7-6-12(2)8-13(19)3/h6-8,10-11,14,20H,5,9H2,1-4H3/t14-/m1/s1. The van der Waals surface area contributed by atoms with Crippen LogP contribution in [0.3, 0.4) is 0 Å². The summed E-state index contributed by atoms with van der Waals surface area (Å²) in [7, 11) is -3.72. The van der Waals surface area contributed by atoms with Crippen LogP contribution >= 0.6 is 0 Å². The molecule has 0 spiro atoms. The van der Waals surface area contributed by atoms with Crippen molar-refractivity contribution in [1.29, 1.82) is 0 Å². The first-order valence-corrected chi connectivity index (χ1v) is 9.85. The number of hydrogen-bond acceptors (Lipinski definition) is 4. The number of aryl methyl sites for hydroxylation is 2. The first kappa shape index (κ1) is 17.6. The number of benzene rings is 2. The molecule has 25 heavy (non-hydrogen) atoms. The molecule has 2 aromatic rings. The fourth-order valence-electron chi connectivity index (χ4n) is 3.09. The molecule has 0 saturated carbocycles. The Bertz CT molecular complexity index is 906. The molecular weight excluding hydrogens is 338 g/mol. The van der Waals surface area contributed by atoms with Crippen molar-refractivity contribution in [1.82, 2.24) is 0 Å². The minimum atomic E-state index is -3.72. The number of sulfonamides is 1. The molecule has 0 fully saturated rings. The minimum Gasteiger partial charge on any atom is -0.492 e. The van der Waals surface area contributed by atoms with Crippen LogP contribution in [-0.2, 0) is 16.4 Å². The van der Waals surface area contributed by atoms with Crippen LogP contribution in [0.15, 0.2) is 35.2 Å². The molecule has 1 atom stereocenters. The molecule has 1 N–H and O–H groups in total. The van der Waals surface area contributed by atoms with Crippen molar-refractivity contribution in [2.45, 2.75) is 45.1 Å². The van der Waals surface area contributed by atoms with Crippen molar-refractivity contribution in [3.8, 4) is 11.5 Å². The molecule has 0 amide bonds. The van der Waals surface area contributed by atoms with Gasteiger partial charge in [-0.1, -0.05) is 17.7 Å². The number of hydrogen-bond donors (Lipinski definition) is 1. The van der Waals surface area contributed by atoms with E-state index in [2.05, 4.69) is 4.72 Å². The summed E-state index contributed by atoms with van der Waals surface area (Å²) in [5.74, 6) is 1.22. The van der Waals surface area contributed by atoms with Crippen LogP contribution in [0.25, 0.3) is 0 Å². The molecule has 1 aliphatic rings. The highest BCUT2D eigenvalue weighted by Gasteiger charge is 2.25. The van der Waals surface area contributed by atoms with Gasteiger partial charge in [-0.15, -0.1) is 0 Å². The van der Waals surface area contributed by atoms with Gasteiger partial charge in [-0.05, 0) is 45.4 Å². The fourth-order valence-corrected chi connectivity index (χ4v) is 4.38. The van der Waals surface area contributed by atoms with E-state index in [0.29, 0.717) is 29.4 Å². The van der Waals surface area contributed by atoms with Gasteiger partial charge in [0.2, 0.25) is 0 Å². The van der Waals surface area contributed by atoms with E-state index in [0.717, 1.165) is 17.5 Å². The summed E-state index contributed by atoms with van der Waals surface area (Å²) in [6.45, 7) is 8.03. The Morgan fingerprint density at radius 2 is 2.00 bits per heavy atom. The monoisotopic (exact) mass is 361 g/mol. The van der Waals surface area contributed by atoms with Gasteiger partial charge in [0, 0.05) is 18.1 Å². The lowest BCUT2D eigenvalue weighted by molar-refractivity contribution is 0.254. The van der Waals surface area contributed by atoms with Gasteiger partial charge in [0.25, 0.3) is 10.0 Å². The zero-order valence-corrected chi connectivity index (χ0v) is 15.7. The third-order valence-corrected chi connectivity index (χ3v) is 5.69. The smallest absolute Gasteiger partial charge is 0.262 e. The van der Waals surface area contributed by atoms with Crippen LogP contribution in [0.1, 0.15) is 30.5 Å². The topological polar surface area (TPSA) is 64.6 Å². The van der Waals surface area contributed by atoms with Gasteiger partial charge >= 0.3 is 0 Å². The van der Waals surface area contributed by atoms with E-state index in [4.69, 9.17) is 9.47 Å². The zero-order chi connectivity index (χ0) is 18.2. The number of rotatable bonds is 5. The fraction of sp³-hybridized carbons (Fsp3) is 0.368. The highest BCUT2D eigenvalue weighted by Crippen LogP contribution is 2.39. The molecule has 0 bridgehead atoms. The number of nitrogens with one attached hydrogen (secondary N) is 1. The average Bonchev–Trinajstić information content (AvgIpc) is 2.86. The Labute approximate surface area is 149 Å². The average molecular weight is 361 g/mol. The van der Waals surface area contributed by atoms with Crippen LogP contribution < -0.4 is 14.2 Å². The van der Waals surface area contributed by atoms with E-state index in [9.17, 15) is 8.42 Å². The molecule has 1 aliphatic heterocycles. The molecule has 0 aromatic heterocycles. The van der Waals surface area contributed by atoms with Gasteiger partial charge in [-0.25, -0.2) is 8.42 Å². The summed E-state index contributed by atoms with van der Waals surface area (Å²) in [5, 5.41) is 0. The van der Waals surface area contributed by atoms with E-state index >= 15 is 0 Å². The van der Waals surface area contributed by atoms with E-state index in [1.54, 1.807) is 25.1 Å². The lowest BCUT2D eigenvalue weighted by atomic mass is 10.1. The molecule has 0 unspecified atom stereocenters. The van der Waals surface area contributed by atoms with Gasteiger partial charge in [-0.3, -0.25) is 4.72 Å². The van der Waals surface area contributed by atoms with Crippen LogP contribution in [0.5, 0.6) is 11.5 Å². The SMILES string of the molecule is CCOc1cc2c(cc1NS(=O)(=O)c1ccc(C)cc1C)O[C@H](C)C2. The number of ether oxygens (including phenoxy) is 2. The molecule has 3 rings (SSSR count). The number of anilines is 1. The van der Waals surface area contributed by atoms with Crippen molar-refractivity contribution in [3.63, 3.8) is 0 Å². The quantitative estimate of drug-likeness (QED) is 0.879. The second-order valence-corrected chi connectivity index (χ2v) is 8.05. The Kier molecular flexibility index (Phi) is 4.64.